The van der Waals surface area contributed by atoms with Crippen molar-refractivity contribution in [1.29, 1.82) is 0 Å². The van der Waals surface area contributed by atoms with E-state index in [1.54, 1.807) is 22.7 Å². The number of nitrogens with zero attached hydrogens (tertiary/aromatic N) is 2. The number of hydrogen-bond donors (Lipinski definition) is 3. The first-order chi connectivity index (χ1) is 7.63. The summed E-state index contributed by atoms with van der Waals surface area (Å²) in [6, 6.07) is 3.29. The second-order valence-corrected chi connectivity index (χ2v) is 3.44. The molecular weight excluding hydrogens is 208 g/mol. The van der Waals surface area contributed by atoms with Gasteiger partial charge in [0.15, 0.2) is 5.69 Å². The Morgan fingerprint density at radius 1 is 1.50 bits per heavy atom. The van der Waals surface area contributed by atoms with Gasteiger partial charge < -0.3 is 21.0 Å². The molecule has 0 saturated heterocycles. The van der Waals surface area contributed by atoms with Crippen LogP contribution in [0.25, 0.3) is 5.52 Å². The van der Waals surface area contributed by atoms with E-state index in [-0.39, 0.29) is 5.69 Å². The topological polar surface area (TPSA) is 107 Å². The molecule has 0 unspecified atom stereocenters. The van der Waals surface area contributed by atoms with Gasteiger partial charge in [-0.25, -0.2) is 9.78 Å². The first-order valence-electron chi connectivity index (χ1n) is 4.83. The van der Waals surface area contributed by atoms with E-state index < -0.39 is 5.97 Å². The summed E-state index contributed by atoms with van der Waals surface area (Å²) < 4.78 is 1.67. The van der Waals surface area contributed by atoms with Gasteiger partial charge in [-0.15, -0.1) is 0 Å². The van der Waals surface area contributed by atoms with Crippen molar-refractivity contribution >= 4 is 17.2 Å². The SMILES string of the molecule is NCCc1nc(C(=O)O)c2ccc(N)cn12. The molecule has 0 atom stereocenters. The van der Waals surface area contributed by atoms with E-state index in [1.807, 2.05) is 0 Å². The zero-order valence-corrected chi connectivity index (χ0v) is 8.55. The fraction of sp³-hybridized carbons (Fsp3) is 0.200. The van der Waals surface area contributed by atoms with Crippen molar-refractivity contribution in [2.24, 2.45) is 5.73 Å². The van der Waals surface area contributed by atoms with Crippen LogP contribution in [0, 0.1) is 0 Å². The highest BCUT2D eigenvalue weighted by Gasteiger charge is 2.15. The van der Waals surface area contributed by atoms with Gasteiger partial charge in [0.1, 0.15) is 5.82 Å². The Balaban J connectivity index is 2.71. The summed E-state index contributed by atoms with van der Waals surface area (Å²) in [5.41, 5.74) is 12.2. The second kappa shape index (κ2) is 3.82. The van der Waals surface area contributed by atoms with E-state index in [4.69, 9.17) is 16.6 Å². The number of carbonyl (C=O) groups is 1. The zero-order chi connectivity index (χ0) is 11.7. The van der Waals surface area contributed by atoms with E-state index in [2.05, 4.69) is 4.98 Å². The lowest BCUT2D eigenvalue weighted by Gasteiger charge is -2.00. The minimum absolute atomic E-state index is 0.0310. The third-order valence-electron chi connectivity index (χ3n) is 2.30. The van der Waals surface area contributed by atoms with Crippen LogP contribution >= 0.6 is 0 Å². The number of fused-ring (bicyclic) bond motifs is 1. The van der Waals surface area contributed by atoms with Crippen molar-refractivity contribution in [3.8, 4) is 0 Å². The highest BCUT2D eigenvalue weighted by Crippen LogP contribution is 2.16. The van der Waals surface area contributed by atoms with Crippen LogP contribution in [-0.2, 0) is 6.42 Å². The molecule has 0 fully saturated rings. The third kappa shape index (κ3) is 1.59. The molecule has 0 bridgehead atoms. The molecule has 0 spiro atoms. The Kier molecular flexibility index (Phi) is 2.49. The van der Waals surface area contributed by atoms with Gasteiger partial charge in [-0.05, 0) is 18.7 Å². The van der Waals surface area contributed by atoms with Gasteiger partial charge in [0.2, 0.25) is 0 Å². The molecule has 84 valence electrons. The van der Waals surface area contributed by atoms with Crippen molar-refractivity contribution in [2.45, 2.75) is 6.42 Å². The zero-order valence-electron chi connectivity index (χ0n) is 8.55. The maximum atomic E-state index is 11.0. The minimum atomic E-state index is -1.05. The van der Waals surface area contributed by atoms with E-state index in [9.17, 15) is 4.79 Å². The van der Waals surface area contributed by atoms with Crippen molar-refractivity contribution in [1.82, 2.24) is 9.38 Å². The number of aromatic nitrogens is 2. The van der Waals surface area contributed by atoms with Gasteiger partial charge in [0.05, 0.1) is 5.52 Å². The Morgan fingerprint density at radius 2 is 2.25 bits per heavy atom. The first-order valence-corrected chi connectivity index (χ1v) is 4.83. The van der Waals surface area contributed by atoms with Crippen LogP contribution < -0.4 is 11.5 Å². The normalized spacial score (nSPS) is 10.8. The van der Waals surface area contributed by atoms with Crippen LogP contribution in [-0.4, -0.2) is 27.0 Å². The van der Waals surface area contributed by atoms with E-state index >= 15 is 0 Å². The number of nitrogens with two attached hydrogens (primary N) is 2. The maximum Gasteiger partial charge on any atom is 0.356 e. The quantitative estimate of drug-likeness (QED) is 0.680. The summed E-state index contributed by atoms with van der Waals surface area (Å²) in [6.45, 7) is 0.410. The summed E-state index contributed by atoms with van der Waals surface area (Å²) in [6.07, 6.45) is 2.16. The fourth-order valence-electron chi connectivity index (χ4n) is 1.63. The number of nitrogen functional groups attached to an aromatic ring is 1. The van der Waals surface area contributed by atoms with Crippen LogP contribution in [0.5, 0.6) is 0 Å². The number of aromatic carboxylic acids is 1. The molecular formula is C10H12N4O2. The highest BCUT2D eigenvalue weighted by atomic mass is 16.4. The molecule has 2 heterocycles. The second-order valence-electron chi connectivity index (χ2n) is 3.44. The molecule has 2 aromatic rings. The molecule has 6 heteroatoms. The molecule has 6 nitrogen and oxygen atoms in total. The highest BCUT2D eigenvalue weighted by molar-refractivity contribution is 5.93. The van der Waals surface area contributed by atoms with E-state index in [0.717, 1.165) is 0 Å². The number of carboxylic acid groups (broad SMARTS) is 1. The largest absolute Gasteiger partial charge is 0.476 e. The molecule has 0 aliphatic carbocycles. The summed E-state index contributed by atoms with van der Waals surface area (Å²) >= 11 is 0. The number of hydrogen-bond acceptors (Lipinski definition) is 4. The van der Waals surface area contributed by atoms with Crippen LogP contribution in [0.15, 0.2) is 18.3 Å². The van der Waals surface area contributed by atoms with Crippen LogP contribution in [0.2, 0.25) is 0 Å². The average molecular weight is 220 g/mol. The number of pyridine rings is 1. The fourth-order valence-corrected chi connectivity index (χ4v) is 1.63. The monoisotopic (exact) mass is 220 g/mol. The number of imidazole rings is 1. The van der Waals surface area contributed by atoms with Crippen molar-refractivity contribution in [2.75, 3.05) is 12.3 Å². The summed E-state index contributed by atoms with van der Waals surface area (Å²) in [5.74, 6) is -0.437. The van der Waals surface area contributed by atoms with E-state index in [1.165, 1.54) is 0 Å². The van der Waals surface area contributed by atoms with E-state index in [0.29, 0.717) is 30.0 Å². The van der Waals surface area contributed by atoms with Gasteiger partial charge >= 0.3 is 5.97 Å². The molecule has 2 aromatic heterocycles. The number of carboxylic acids is 1. The first kappa shape index (κ1) is 10.4. The van der Waals surface area contributed by atoms with Gasteiger partial charge in [0.25, 0.3) is 0 Å². The lowest BCUT2D eigenvalue weighted by molar-refractivity contribution is 0.0693. The molecule has 0 aromatic carbocycles. The minimum Gasteiger partial charge on any atom is -0.476 e. The molecule has 0 amide bonds. The lowest BCUT2D eigenvalue weighted by Crippen LogP contribution is -2.06. The molecule has 0 saturated carbocycles. The number of rotatable bonds is 3. The predicted molar refractivity (Wildman–Crippen MR) is 59.3 cm³/mol. The number of anilines is 1. The Hall–Kier alpha value is -2.08. The van der Waals surface area contributed by atoms with Crippen LogP contribution in [0.3, 0.4) is 0 Å². The lowest BCUT2D eigenvalue weighted by atomic mass is 10.3. The van der Waals surface area contributed by atoms with Gasteiger partial charge in [-0.3, -0.25) is 0 Å². The smallest absolute Gasteiger partial charge is 0.356 e. The van der Waals surface area contributed by atoms with Crippen molar-refractivity contribution in [3.63, 3.8) is 0 Å². The third-order valence-corrected chi connectivity index (χ3v) is 2.30. The molecule has 0 aliphatic heterocycles. The molecule has 16 heavy (non-hydrogen) atoms. The Labute approximate surface area is 91.5 Å². The van der Waals surface area contributed by atoms with Gasteiger partial charge in [-0.2, -0.15) is 0 Å². The summed E-state index contributed by atoms with van der Waals surface area (Å²) in [5, 5.41) is 9.00. The molecule has 0 radical (unpaired) electrons. The molecule has 2 rings (SSSR count). The summed E-state index contributed by atoms with van der Waals surface area (Å²) in [7, 11) is 0. The van der Waals surface area contributed by atoms with Gasteiger partial charge in [0, 0.05) is 18.3 Å². The Morgan fingerprint density at radius 3 is 2.88 bits per heavy atom. The summed E-state index contributed by atoms with van der Waals surface area (Å²) in [4.78, 5) is 15.0. The van der Waals surface area contributed by atoms with Crippen LogP contribution in [0.4, 0.5) is 5.69 Å². The molecule has 5 N–H and O–H groups in total. The van der Waals surface area contributed by atoms with Crippen molar-refractivity contribution < 1.29 is 9.90 Å². The van der Waals surface area contributed by atoms with Crippen LogP contribution in [0.1, 0.15) is 16.3 Å². The Bertz CT molecular complexity index is 547. The molecule has 0 aliphatic rings. The van der Waals surface area contributed by atoms with Crippen molar-refractivity contribution in [3.05, 3.63) is 29.8 Å². The standard InChI is InChI=1S/C10H12N4O2/c11-4-3-8-13-9(10(15)16)7-2-1-6(12)5-14(7)8/h1-2,5H,3-4,11-12H2,(H,15,16). The predicted octanol–water partition coefficient (Wildman–Crippen LogP) is 0.116. The maximum absolute atomic E-state index is 11.0. The van der Waals surface area contributed by atoms with Gasteiger partial charge in [-0.1, -0.05) is 0 Å². The average Bonchev–Trinajstić information content (AvgIpc) is 2.58.